The monoisotopic (exact) mass is 732 g/mol. The molecular weight excluding hydrogens is 685 g/mol. The number of carbonyl (C=O) groups excluding carboxylic acids is 2. The Kier molecular flexibility index (Phi) is 9.25. The fraction of sp³-hybridized carbons (Fsp3) is 0.486. The van der Waals surface area contributed by atoms with Crippen LogP contribution >= 0.6 is 11.3 Å². The smallest absolute Gasteiger partial charge is 0.418 e. The van der Waals surface area contributed by atoms with Gasteiger partial charge in [0.05, 0.1) is 32.4 Å². The van der Waals surface area contributed by atoms with E-state index in [1.165, 1.54) is 45.4 Å². The number of benzene rings is 1. The van der Waals surface area contributed by atoms with Crippen molar-refractivity contribution < 1.29 is 50.4 Å². The minimum atomic E-state index is -4.88. The van der Waals surface area contributed by atoms with Crippen LogP contribution in [0.2, 0.25) is 0 Å². The Morgan fingerprint density at radius 3 is 2.55 bits per heavy atom. The molecule has 4 heterocycles. The molecule has 2 fully saturated rings. The molecule has 0 radical (unpaired) electrons. The quantitative estimate of drug-likeness (QED) is 0.210. The number of carboxylic acids is 1. The summed E-state index contributed by atoms with van der Waals surface area (Å²) in [6.45, 7) is -0.0109. The van der Waals surface area contributed by atoms with E-state index in [2.05, 4.69) is 11.1 Å². The molecule has 0 aliphatic carbocycles. The number of halogens is 3. The second-order valence-electron chi connectivity index (χ2n) is 12.4. The van der Waals surface area contributed by atoms with Crippen molar-refractivity contribution in [2.45, 2.75) is 88.4 Å². The third-order valence-corrected chi connectivity index (χ3v) is 10.1. The first-order chi connectivity index (χ1) is 26.6. The van der Waals surface area contributed by atoms with Gasteiger partial charge in [0.1, 0.15) is 17.2 Å². The van der Waals surface area contributed by atoms with Crippen LogP contribution in [0.1, 0.15) is 92.9 Å². The van der Waals surface area contributed by atoms with Crippen LogP contribution in [0.4, 0.5) is 13.2 Å². The number of likely N-dealkylation sites (tertiary alicyclic amines) is 2. The number of thiophene rings is 1. The van der Waals surface area contributed by atoms with Crippen LogP contribution in [-0.2, 0) is 21.2 Å². The summed E-state index contributed by atoms with van der Waals surface area (Å²) in [5.41, 5.74) is -5.12. The lowest BCUT2D eigenvalue weighted by atomic mass is 9.72. The van der Waals surface area contributed by atoms with E-state index in [0.717, 1.165) is 23.2 Å². The van der Waals surface area contributed by atoms with E-state index in [4.69, 9.17) is 17.7 Å². The predicted octanol–water partition coefficient (Wildman–Crippen LogP) is 7.02. The number of alkyl halides is 3. The highest BCUT2D eigenvalue weighted by Gasteiger charge is 2.56. The highest BCUT2D eigenvalue weighted by Crippen LogP contribution is 2.44. The summed E-state index contributed by atoms with van der Waals surface area (Å²) in [5, 5.41) is 21.6. The molecule has 2 aliphatic heterocycles. The van der Waals surface area contributed by atoms with Gasteiger partial charge in [0.15, 0.2) is 0 Å². The Bertz CT molecular complexity index is 2040. The Hall–Kier alpha value is -4.64. The molecule has 2 aliphatic rings. The molecule has 0 bridgehead atoms. The number of hydrogen-bond acceptors (Lipinski definition) is 8. The zero-order valence-corrected chi connectivity index (χ0v) is 28.8. The van der Waals surface area contributed by atoms with Crippen molar-refractivity contribution in [3.05, 3.63) is 75.7 Å². The molecule has 1 aromatic carbocycles. The predicted molar refractivity (Wildman–Crippen MR) is 183 cm³/mol. The van der Waals surface area contributed by atoms with Crippen LogP contribution in [0.15, 0.2) is 54.0 Å². The topological polar surface area (TPSA) is 133 Å². The first kappa shape index (κ1) is 30.0. The third kappa shape index (κ3) is 7.98. The van der Waals surface area contributed by atoms with Gasteiger partial charge in [-0.25, -0.2) is 0 Å². The molecule has 10 nitrogen and oxygen atoms in total. The number of carbonyl (C=O) groups is 3. The maximum absolute atomic E-state index is 15.0. The average molecular weight is 733 g/mol. The van der Waals surface area contributed by atoms with E-state index in [9.17, 15) is 33.1 Å². The molecule has 0 unspecified atom stereocenters. The van der Waals surface area contributed by atoms with Crippen molar-refractivity contribution >= 4 is 29.1 Å². The largest absolute Gasteiger partial charge is 0.493 e. The normalized spacial score (nSPS) is 22.9. The number of aryl methyl sites for hydroxylation is 1. The fourth-order valence-electron chi connectivity index (χ4n) is 6.94. The van der Waals surface area contributed by atoms with Crippen LogP contribution < -0.4 is 9.47 Å². The Labute approximate surface area is 307 Å². The van der Waals surface area contributed by atoms with Crippen molar-refractivity contribution in [2.24, 2.45) is 0 Å². The van der Waals surface area contributed by atoms with Gasteiger partial charge in [-0.1, -0.05) is 31.5 Å². The molecule has 272 valence electrons. The number of amides is 2. The van der Waals surface area contributed by atoms with Crippen LogP contribution in [0.3, 0.4) is 0 Å². The van der Waals surface area contributed by atoms with E-state index in [1.807, 2.05) is 13.8 Å². The number of ether oxygens (including phenoxy) is 2. The maximum atomic E-state index is 15.0. The number of nitriles is 1. The second kappa shape index (κ2) is 15.7. The summed E-state index contributed by atoms with van der Waals surface area (Å²) in [5.74, 6) is -3.78. The Morgan fingerprint density at radius 1 is 1.16 bits per heavy atom. The van der Waals surface area contributed by atoms with Crippen molar-refractivity contribution in [3.63, 3.8) is 0 Å². The summed E-state index contributed by atoms with van der Waals surface area (Å²) in [6, 6.07) is 10.4. The van der Waals surface area contributed by atoms with Crippen molar-refractivity contribution in [2.75, 3.05) is 26.2 Å². The lowest BCUT2D eigenvalue weighted by Gasteiger charge is -2.51. The molecule has 2 saturated heterocycles. The van der Waals surface area contributed by atoms with Gasteiger partial charge in [-0.15, -0.1) is 11.3 Å². The fourth-order valence-corrected chi connectivity index (χ4v) is 7.54. The lowest BCUT2D eigenvalue weighted by molar-refractivity contribution is -0.160. The van der Waals surface area contributed by atoms with E-state index in [0.29, 0.717) is 12.2 Å². The van der Waals surface area contributed by atoms with Gasteiger partial charge >= 0.3 is 12.1 Å². The number of piperidine rings is 2. The summed E-state index contributed by atoms with van der Waals surface area (Å²) in [6.07, 6.45) is -10.4. The number of hydrogen-bond donors (Lipinski definition) is 1. The van der Waals surface area contributed by atoms with Crippen molar-refractivity contribution in [1.29, 1.82) is 5.26 Å². The van der Waals surface area contributed by atoms with E-state index in [1.54, 1.807) is 11.4 Å². The van der Waals surface area contributed by atoms with E-state index < -0.39 is 71.6 Å². The molecule has 0 spiro atoms. The maximum Gasteiger partial charge on any atom is 0.418 e. The molecule has 51 heavy (non-hydrogen) atoms. The van der Waals surface area contributed by atoms with Crippen molar-refractivity contribution in [3.8, 4) is 17.6 Å². The summed E-state index contributed by atoms with van der Waals surface area (Å²) < 4.78 is 102. The zero-order chi connectivity index (χ0) is 42.2. The molecular formula is C37H41F3N4O6S. The second-order valence-corrected chi connectivity index (χ2v) is 13.5. The lowest BCUT2D eigenvalue weighted by Crippen LogP contribution is -2.68. The SMILES string of the molecule is [2H]C([2H])(Oc1ccccc1C1(C#N)CCN(C(=O)[C@]2(Oc3csc(C)c3)CCCN(C(=O)c3ncccc3C(F)(F)F)[C@@H]2CCC)CC1)C([2H])([2H])C([2H])([2H])C(=O)O. The number of aliphatic carboxylic acids is 1. The number of aromatic nitrogens is 1. The first-order valence-corrected chi connectivity index (χ1v) is 17.3. The Morgan fingerprint density at radius 2 is 1.90 bits per heavy atom. The minimum absolute atomic E-state index is 0.0339. The van der Waals surface area contributed by atoms with Crippen molar-refractivity contribution in [1.82, 2.24) is 14.8 Å². The van der Waals surface area contributed by atoms with Gasteiger partial charge in [0, 0.05) is 59.9 Å². The van der Waals surface area contributed by atoms with Crippen LogP contribution in [0.5, 0.6) is 11.5 Å². The highest BCUT2D eigenvalue weighted by molar-refractivity contribution is 7.10. The van der Waals surface area contributed by atoms with Crippen LogP contribution in [-0.4, -0.2) is 75.5 Å². The van der Waals surface area contributed by atoms with Gasteiger partial charge in [-0.05, 0) is 63.2 Å². The van der Waals surface area contributed by atoms with Crippen LogP contribution in [0.25, 0.3) is 0 Å². The number of nitrogens with zero attached hydrogens (tertiary/aromatic N) is 4. The minimum Gasteiger partial charge on any atom is -0.493 e. The van der Waals surface area contributed by atoms with Gasteiger partial charge in [0.2, 0.25) is 5.60 Å². The molecule has 2 amide bonds. The number of para-hydroxylation sites is 1. The highest BCUT2D eigenvalue weighted by atomic mass is 32.1. The summed E-state index contributed by atoms with van der Waals surface area (Å²) in [4.78, 5) is 48.1. The Balaban J connectivity index is 1.50. The molecule has 2 atom stereocenters. The first-order valence-electron chi connectivity index (χ1n) is 19.4. The average Bonchev–Trinajstić information content (AvgIpc) is 3.58. The van der Waals surface area contributed by atoms with Gasteiger partial charge in [-0.2, -0.15) is 18.4 Å². The summed E-state index contributed by atoms with van der Waals surface area (Å²) in [7, 11) is 0. The van der Waals surface area contributed by atoms with Gasteiger partial charge in [0.25, 0.3) is 11.8 Å². The molecule has 5 rings (SSSR count). The van der Waals surface area contributed by atoms with Gasteiger partial charge < -0.3 is 24.4 Å². The number of pyridine rings is 1. The van der Waals surface area contributed by atoms with Gasteiger partial charge in [-0.3, -0.25) is 19.4 Å². The molecule has 0 saturated carbocycles. The number of carboxylic acid groups (broad SMARTS) is 1. The molecule has 14 heteroatoms. The molecule has 2 aromatic heterocycles. The zero-order valence-electron chi connectivity index (χ0n) is 34.0. The summed E-state index contributed by atoms with van der Waals surface area (Å²) >= 11 is 1.36. The standard InChI is InChI=1S/C37H41F3N4O6S/c1-3-9-30-36(50-26-22-25(2)51-23-26,14-8-18-44(30)33(47)32-28(37(38,39)40)11-6-17-42-32)34(48)43-19-15-35(24-41,16-20-43)27-10-4-5-12-29(27)49-21-7-13-31(45)46/h4-6,10-12,17,22-23,30H,3,7-9,13-16,18-21H2,1-2H3,(H,45,46)/t30-,36+/m1/s1/i7D2,13D2,21D2. The van der Waals surface area contributed by atoms with Crippen LogP contribution in [0, 0.1) is 18.3 Å². The number of rotatable bonds is 12. The van der Waals surface area contributed by atoms with E-state index >= 15 is 4.79 Å². The van der Waals surface area contributed by atoms with E-state index in [-0.39, 0.29) is 63.1 Å². The third-order valence-electron chi connectivity index (χ3n) is 9.27. The molecule has 3 aromatic rings. The molecule has 1 N–H and O–H groups in total.